The van der Waals surface area contributed by atoms with Crippen LogP contribution in [0.2, 0.25) is 0 Å². The van der Waals surface area contributed by atoms with Gasteiger partial charge in [-0.3, -0.25) is 4.79 Å². The van der Waals surface area contributed by atoms with E-state index in [1.165, 1.54) is 6.07 Å². The summed E-state index contributed by atoms with van der Waals surface area (Å²) in [6.07, 6.45) is 0.832. The van der Waals surface area contributed by atoms with Gasteiger partial charge in [0.05, 0.1) is 22.3 Å². The van der Waals surface area contributed by atoms with Crippen molar-refractivity contribution < 1.29 is 14.7 Å². The van der Waals surface area contributed by atoms with Crippen molar-refractivity contribution in [2.45, 2.75) is 23.6 Å². The third-order valence-electron chi connectivity index (χ3n) is 8.03. The molecule has 2 heterocycles. The second kappa shape index (κ2) is 14.1. The minimum Gasteiger partial charge on any atom is -0.478 e. The number of para-hydroxylation sites is 1. The number of amides is 1. The second-order valence-corrected chi connectivity index (χ2v) is 12.1. The predicted molar refractivity (Wildman–Crippen MR) is 191 cm³/mol. The van der Waals surface area contributed by atoms with E-state index in [-0.39, 0.29) is 33.4 Å². The van der Waals surface area contributed by atoms with Crippen LogP contribution in [0.4, 0.5) is 11.5 Å². The maximum Gasteiger partial charge on any atom is 0.336 e. The van der Waals surface area contributed by atoms with Gasteiger partial charge in [0.25, 0.3) is 0 Å². The standard InChI is InChI=1S/C39H28N6O3S/c1-2-23-12-14-25(15-13-23)34-30(21-40)36(42)45-38(31(34)22-41)49-35(26-8-4-3-5-9-26)37(46)43-27-18-16-24(17-19-27)33-20-29(39(47)48)28-10-6-7-11-32(28)44-33/h3-20,35H,2H2,1H3,(H2,42,45)(H,43,46)(H,47,48). The van der Waals surface area contributed by atoms with Gasteiger partial charge in [-0.15, -0.1) is 0 Å². The summed E-state index contributed by atoms with van der Waals surface area (Å²) in [6.45, 7) is 2.04. The van der Waals surface area contributed by atoms with Gasteiger partial charge in [-0.1, -0.05) is 104 Å². The SMILES string of the molecule is CCc1ccc(-c2c(C#N)c(N)nc(SC(C(=O)Nc3ccc(-c4cc(C(=O)O)c5ccccc5n4)cc3)c3ccccc3)c2C#N)cc1. The summed E-state index contributed by atoms with van der Waals surface area (Å²) in [4.78, 5) is 35.0. The Morgan fingerprint density at radius 3 is 2.16 bits per heavy atom. The van der Waals surface area contributed by atoms with Gasteiger partial charge in [0.2, 0.25) is 5.91 Å². The van der Waals surface area contributed by atoms with Crippen molar-refractivity contribution in [2.24, 2.45) is 0 Å². The molecule has 2 aromatic heterocycles. The number of carboxylic acids is 1. The number of hydrogen-bond acceptors (Lipinski definition) is 8. The lowest BCUT2D eigenvalue weighted by atomic mass is 9.96. The molecule has 1 unspecified atom stereocenters. The first-order chi connectivity index (χ1) is 23.8. The van der Waals surface area contributed by atoms with Gasteiger partial charge in [0.15, 0.2) is 0 Å². The number of hydrogen-bond donors (Lipinski definition) is 3. The van der Waals surface area contributed by atoms with Gasteiger partial charge in [0, 0.05) is 22.2 Å². The molecule has 238 valence electrons. The molecular weight excluding hydrogens is 633 g/mol. The number of rotatable bonds is 9. The summed E-state index contributed by atoms with van der Waals surface area (Å²) in [5.41, 5.74) is 11.7. The van der Waals surface area contributed by atoms with Crippen LogP contribution >= 0.6 is 11.8 Å². The van der Waals surface area contributed by atoms with Gasteiger partial charge in [0.1, 0.15) is 33.8 Å². The van der Waals surface area contributed by atoms with E-state index in [1.54, 1.807) is 48.5 Å². The number of nitrogens with one attached hydrogen (secondary N) is 1. The number of nitrogens with two attached hydrogens (primary N) is 1. The number of thioether (sulfide) groups is 1. The maximum atomic E-state index is 14.0. The van der Waals surface area contributed by atoms with E-state index < -0.39 is 11.2 Å². The molecule has 9 nitrogen and oxygen atoms in total. The Bertz CT molecular complexity index is 2290. The first-order valence-electron chi connectivity index (χ1n) is 15.3. The minimum atomic E-state index is -1.05. The summed E-state index contributed by atoms with van der Waals surface area (Å²) in [5, 5.41) is 33.0. The highest BCUT2D eigenvalue weighted by molar-refractivity contribution is 8.00. The highest BCUT2D eigenvalue weighted by Crippen LogP contribution is 2.42. The van der Waals surface area contributed by atoms with Crippen molar-refractivity contribution in [3.63, 3.8) is 0 Å². The van der Waals surface area contributed by atoms with E-state index in [0.717, 1.165) is 23.7 Å². The number of nitrogen functional groups attached to an aromatic ring is 1. The lowest BCUT2D eigenvalue weighted by Crippen LogP contribution is -2.19. The maximum absolute atomic E-state index is 14.0. The number of aryl methyl sites for hydroxylation is 1. The van der Waals surface area contributed by atoms with Crippen molar-refractivity contribution in [3.8, 4) is 34.5 Å². The van der Waals surface area contributed by atoms with Crippen molar-refractivity contribution in [3.05, 3.63) is 137 Å². The molecule has 1 atom stereocenters. The fourth-order valence-corrected chi connectivity index (χ4v) is 6.62. The molecule has 4 N–H and O–H groups in total. The number of carboxylic acid groups (broad SMARTS) is 1. The van der Waals surface area contributed by atoms with Crippen molar-refractivity contribution >= 4 is 46.0 Å². The molecule has 10 heteroatoms. The molecular formula is C39H28N6O3S. The molecule has 6 aromatic rings. The Hall–Kier alpha value is -6.49. The van der Waals surface area contributed by atoms with Crippen LogP contribution in [0.1, 0.15) is 44.8 Å². The molecule has 49 heavy (non-hydrogen) atoms. The van der Waals surface area contributed by atoms with Crippen LogP contribution < -0.4 is 11.1 Å². The number of fused-ring (bicyclic) bond motifs is 1. The average Bonchev–Trinajstić information content (AvgIpc) is 3.13. The quantitative estimate of drug-likeness (QED) is 0.130. The third-order valence-corrected chi connectivity index (χ3v) is 9.27. The lowest BCUT2D eigenvalue weighted by molar-refractivity contribution is -0.115. The van der Waals surface area contributed by atoms with E-state index in [0.29, 0.717) is 44.5 Å². The summed E-state index contributed by atoms with van der Waals surface area (Å²) in [5.74, 6) is -1.45. The summed E-state index contributed by atoms with van der Waals surface area (Å²) >= 11 is 1.07. The summed E-state index contributed by atoms with van der Waals surface area (Å²) < 4.78 is 0. The largest absolute Gasteiger partial charge is 0.478 e. The first-order valence-corrected chi connectivity index (χ1v) is 16.2. The zero-order valence-corrected chi connectivity index (χ0v) is 27.0. The Morgan fingerprint density at radius 1 is 0.857 bits per heavy atom. The third kappa shape index (κ3) is 6.68. The topological polar surface area (TPSA) is 166 Å². The number of pyridine rings is 2. The normalized spacial score (nSPS) is 11.3. The van der Waals surface area contributed by atoms with Crippen LogP contribution in [-0.2, 0) is 11.2 Å². The van der Waals surface area contributed by atoms with Gasteiger partial charge >= 0.3 is 5.97 Å². The summed E-state index contributed by atoms with van der Waals surface area (Å²) in [6, 6.07) is 36.6. The van der Waals surface area contributed by atoms with Crippen LogP contribution in [-0.4, -0.2) is 27.0 Å². The van der Waals surface area contributed by atoms with E-state index in [9.17, 15) is 25.2 Å². The Balaban J connectivity index is 1.33. The summed E-state index contributed by atoms with van der Waals surface area (Å²) in [7, 11) is 0. The Morgan fingerprint density at radius 2 is 1.51 bits per heavy atom. The lowest BCUT2D eigenvalue weighted by Gasteiger charge is -2.19. The van der Waals surface area contributed by atoms with Crippen LogP contribution in [0.3, 0.4) is 0 Å². The van der Waals surface area contributed by atoms with Crippen LogP contribution in [0.25, 0.3) is 33.3 Å². The molecule has 0 saturated carbocycles. The van der Waals surface area contributed by atoms with Gasteiger partial charge < -0.3 is 16.2 Å². The molecule has 0 spiro atoms. The fourth-order valence-electron chi connectivity index (χ4n) is 5.52. The van der Waals surface area contributed by atoms with Crippen molar-refractivity contribution in [1.82, 2.24) is 9.97 Å². The average molecular weight is 661 g/mol. The van der Waals surface area contributed by atoms with Gasteiger partial charge in [-0.2, -0.15) is 10.5 Å². The van der Waals surface area contributed by atoms with E-state index in [2.05, 4.69) is 27.4 Å². The molecule has 4 aromatic carbocycles. The van der Waals surface area contributed by atoms with Crippen molar-refractivity contribution in [2.75, 3.05) is 11.1 Å². The van der Waals surface area contributed by atoms with Crippen LogP contribution in [0.5, 0.6) is 0 Å². The van der Waals surface area contributed by atoms with Crippen molar-refractivity contribution in [1.29, 1.82) is 10.5 Å². The number of nitriles is 2. The molecule has 0 aliphatic carbocycles. The van der Waals surface area contributed by atoms with Crippen LogP contribution in [0, 0.1) is 22.7 Å². The highest BCUT2D eigenvalue weighted by atomic mass is 32.2. The molecule has 0 aliphatic rings. The van der Waals surface area contributed by atoms with Gasteiger partial charge in [-0.25, -0.2) is 14.8 Å². The first kappa shape index (κ1) is 32.5. The molecule has 0 bridgehead atoms. The van der Waals surface area contributed by atoms with E-state index in [1.807, 2.05) is 61.5 Å². The Kier molecular flexibility index (Phi) is 9.34. The number of benzene rings is 4. The minimum absolute atomic E-state index is 0.0327. The molecule has 0 radical (unpaired) electrons. The molecule has 0 fully saturated rings. The predicted octanol–water partition coefficient (Wildman–Crippen LogP) is 8.02. The number of nitrogens with zero attached hydrogens (tertiary/aromatic N) is 4. The van der Waals surface area contributed by atoms with Gasteiger partial charge in [-0.05, 0) is 47.4 Å². The molecule has 0 saturated heterocycles. The fraction of sp³-hybridized carbons (Fsp3) is 0.0769. The monoisotopic (exact) mass is 660 g/mol. The molecule has 1 amide bonds. The smallest absolute Gasteiger partial charge is 0.336 e. The number of carbonyl (C=O) groups excluding carboxylic acids is 1. The highest BCUT2D eigenvalue weighted by Gasteiger charge is 2.28. The number of aromatic nitrogens is 2. The number of carbonyl (C=O) groups is 2. The second-order valence-electron chi connectivity index (χ2n) is 11.1. The Labute approximate surface area is 286 Å². The number of aromatic carboxylic acids is 1. The zero-order valence-electron chi connectivity index (χ0n) is 26.2. The zero-order chi connectivity index (χ0) is 34.5. The van der Waals surface area contributed by atoms with E-state index >= 15 is 0 Å². The molecule has 0 aliphatic heterocycles. The van der Waals surface area contributed by atoms with Crippen LogP contribution in [0.15, 0.2) is 114 Å². The van der Waals surface area contributed by atoms with E-state index in [4.69, 9.17) is 5.73 Å². The number of anilines is 2. The molecule has 6 rings (SSSR count).